The van der Waals surface area contributed by atoms with E-state index < -0.39 is 0 Å². The average Bonchev–Trinajstić information content (AvgIpc) is 3.25. The fourth-order valence-corrected chi connectivity index (χ4v) is 4.84. The minimum atomic E-state index is -0.221. The normalized spacial score (nSPS) is 12.4. The van der Waals surface area contributed by atoms with Crippen LogP contribution in [0.1, 0.15) is 23.5 Å². The van der Waals surface area contributed by atoms with Crippen LogP contribution in [0, 0.1) is 6.92 Å². The Morgan fingerprint density at radius 3 is 3.00 bits per heavy atom. The topological polar surface area (TPSA) is 71.5 Å². The maximum atomic E-state index is 12.3. The minimum absolute atomic E-state index is 0.0720. The first-order valence-corrected chi connectivity index (χ1v) is 10.2. The van der Waals surface area contributed by atoms with Gasteiger partial charge in [-0.1, -0.05) is 12.1 Å². The van der Waals surface area contributed by atoms with Crippen LogP contribution in [-0.4, -0.2) is 22.6 Å². The third-order valence-corrected chi connectivity index (χ3v) is 6.11. The van der Waals surface area contributed by atoms with E-state index in [2.05, 4.69) is 10.3 Å². The van der Waals surface area contributed by atoms with Crippen molar-refractivity contribution in [1.29, 1.82) is 0 Å². The number of phenolic OH excluding ortho intramolecular Hbond substituents is 1. The molecular formula is C20H18N2O3S2. The molecule has 0 fully saturated rings. The van der Waals surface area contributed by atoms with Gasteiger partial charge in [-0.25, -0.2) is 4.98 Å². The third kappa shape index (κ3) is 3.61. The summed E-state index contributed by atoms with van der Waals surface area (Å²) in [5, 5.41) is 16.5. The van der Waals surface area contributed by atoms with E-state index in [1.165, 1.54) is 0 Å². The number of aromatic hydroxyl groups is 1. The molecule has 0 aliphatic carbocycles. The van der Waals surface area contributed by atoms with Crippen LogP contribution in [0.15, 0.2) is 41.8 Å². The van der Waals surface area contributed by atoms with Crippen molar-refractivity contribution in [3.8, 4) is 11.5 Å². The molecule has 2 aromatic carbocycles. The Morgan fingerprint density at radius 2 is 2.19 bits per heavy atom. The summed E-state index contributed by atoms with van der Waals surface area (Å²) in [6.45, 7) is 3.79. The number of thiophene rings is 1. The van der Waals surface area contributed by atoms with Gasteiger partial charge in [0.25, 0.3) is 5.91 Å². The molecule has 0 aliphatic rings. The standard InChI is InChI=1S/C20H18N2O3S2/c1-11(13-4-3-5-14(23)8-13)21-18(24)10-25-16-9-17-19(22-12(2)27-17)20-15(16)6-7-26-20/h3-9,11,23H,10H2,1-2H3,(H,21,24). The second-order valence-corrected chi connectivity index (χ2v) is 8.44. The molecule has 27 heavy (non-hydrogen) atoms. The molecule has 4 aromatic rings. The second-order valence-electron chi connectivity index (χ2n) is 6.29. The van der Waals surface area contributed by atoms with E-state index in [1.54, 1.807) is 40.9 Å². The number of ether oxygens (including phenoxy) is 1. The molecule has 0 aliphatic heterocycles. The van der Waals surface area contributed by atoms with Crippen LogP contribution >= 0.6 is 22.7 Å². The lowest BCUT2D eigenvalue weighted by Gasteiger charge is -2.15. The molecule has 1 unspecified atom stereocenters. The third-order valence-electron chi connectivity index (χ3n) is 4.27. The van der Waals surface area contributed by atoms with E-state index in [0.29, 0.717) is 5.75 Å². The van der Waals surface area contributed by atoms with Gasteiger partial charge in [-0.05, 0) is 43.0 Å². The molecule has 0 radical (unpaired) electrons. The number of benzene rings is 2. The number of aromatic nitrogens is 1. The molecule has 2 heterocycles. The molecule has 7 heteroatoms. The predicted octanol–water partition coefficient (Wildman–Crippen LogP) is 4.78. The highest BCUT2D eigenvalue weighted by Crippen LogP contribution is 2.38. The van der Waals surface area contributed by atoms with E-state index in [9.17, 15) is 9.90 Å². The number of aryl methyl sites for hydroxylation is 1. The van der Waals surface area contributed by atoms with E-state index in [-0.39, 0.29) is 24.3 Å². The molecule has 2 N–H and O–H groups in total. The Kier molecular flexibility index (Phi) is 4.72. The first-order chi connectivity index (χ1) is 13.0. The number of hydrogen-bond acceptors (Lipinski definition) is 6. The highest BCUT2D eigenvalue weighted by Gasteiger charge is 2.15. The molecule has 4 rings (SSSR count). The lowest BCUT2D eigenvalue weighted by Crippen LogP contribution is -2.31. The highest BCUT2D eigenvalue weighted by atomic mass is 32.1. The van der Waals surface area contributed by atoms with E-state index >= 15 is 0 Å². The molecule has 1 amide bonds. The van der Waals surface area contributed by atoms with E-state index in [1.807, 2.05) is 37.4 Å². The second kappa shape index (κ2) is 7.17. The summed E-state index contributed by atoms with van der Waals surface area (Å²) < 4.78 is 7.99. The monoisotopic (exact) mass is 398 g/mol. The summed E-state index contributed by atoms with van der Waals surface area (Å²) in [4.78, 5) is 16.9. The summed E-state index contributed by atoms with van der Waals surface area (Å²) in [6, 6.07) is 10.6. The van der Waals surface area contributed by atoms with Gasteiger partial charge in [0.15, 0.2) is 6.61 Å². The van der Waals surface area contributed by atoms with Crippen molar-refractivity contribution < 1.29 is 14.6 Å². The van der Waals surface area contributed by atoms with Crippen molar-refractivity contribution in [3.63, 3.8) is 0 Å². The maximum absolute atomic E-state index is 12.3. The molecular weight excluding hydrogens is 380 g/mol. The zero-order chi connectivity index (χ0) is 19.0. The molecule has 2 aromatic heterocycles. The zero-order valence-corrected chi connectivity index (χ0v) is 16.5. The number of carbonyl (C=O) groups is 1. The van der Waals surface area contributed by atoms with Crippen LogP contribution in [0.25, 0.3) is 20.3 Å². The van der Waals surface area contributed by atoms with Crippen molar-refractivity contribution in [2.24, 2.45) is 0 Å². The predicted molar refractivity (Wildman–Crippen MR) is 110 cm³/mol. The lowest BCUT2D eigenvalue weighted by molar-refractivity contribution is -0.123. The summed E-state index contributed by atoms with van der Waals surface area (Å²) in [5.74, 6) is 0.662. The molecule has 138 valence electrons. The van der Waals surface area contributed by atoms with Gasteiger partial charge in [0.2, 0.25) is 0 Å². The Morgan fingerprint density at radius 1 is 1.33 bits per heavy atom. The Labute approximate surface area is 164 Å². The van der Waals surface area contributed by atoms with Gasteiger partial charge in [0.1, 0.15) is 11.5 Å². The average molecular weight is 399 g/mol. The molecule has 0 saturated heterocycles. The van der Waals surface area contributed by atoms with Crippen molar-refractivity contribution in [3.05, 3.63) is 52.3 Å². The fourth-order valence-electron chi connectivity index (χ4n) is 3.01. The summed E-state index contributed by atoms with van der Waals surface area (Å²) in [7, 11) is 0. The Hall–Kier alpha value is -2.64. The number of nitrogens with one attached hydrogen (secondary N) is 1. The molecule has 5 nitrogen and oxygen atoms in total. The zero-order valence-electron chi connectivity index (χ0n) is 14.9. The number of amides is 1. The molecule has 0 bridgehead atoms. The number of fused-ring (bicyclic) bond motifs is 3. The molecule has 0 saturated carbocycles. The summed E-state index contributed by atoms with van der Waals surface area (Å²) in [6.07, 6.45) is 0. The van der Waals surface area contributed by atoms with Gasteiger partial charge in [0.05, 0.1) is 26.0 Å². The lowest BCUT2D eigenvalue weighted by atomic mass is 10.1. The maximum Gasteiger partial charge on any atom is 0.258 e. The molecule has 1 atom stereocenters. The Balaban J connectivity index is 1.49. The number of carbonyl (C=O) groups excluding carboxylic acids is 1. The van der Waals surface area contributed by atoms with E-state index in [0.717, 1.165) is 30.9 Å². The first-order valence-electron chi connectivity index (χ1n) is 8.49. The van der Waals surface area contributed by atoms with Gasteiger partial charge < -0.3 is 15.2 Å². The van der Waals surface area contributed by atoms with Gasteiger partial charge >= 0.3 is 0 Å². The summed E-state index contributed by atoms with van der Waals surface area (Å²) >= 11 is 3.25. The quantitative estimate of drug-likeness (QED) is 0.507. The number of phenols is 1. The van der Waals surface area contributed by atoms with Crippen LogP contribution in [0.3, 0.4) is 0 Å². The van der Waals surface area contributed by atoms with Gasteiger partial charge in [-0.15, -0.1) is 22.7 Å². The van der Waals surface area contributed by atoms with Crippen LogP contribution in [0.4, 0.5) is 0 Å². The number of rotatable bonds is 5. The highest BCUT2D eigenvalue weighted by molar-refractivity contribution is 7.21. The largest absolute Gasteiger partial charge is 0.508 e. The van der Waals surface area contributed by atoms with Crippen molar-refractivity contribution >= 4 is 48.9 Å². The first kappa shape index (κ1) is 17.8. The van der Waals surface area contributed by atoms with Crippen molar-refractivity contribution in [2.75, 3.05) is 6.61 Å². The minimum Gasteiger partial charge on any atom is -0.508 e. The molecule has 0 spiro atoms. The van der Waals surface area contributed by atoms with Gasteiger partial charge in [0, 0.05) is 11.5 Å². The van der Waals surface area contributed by atoms with E-state index in [4.69, 9.17) is 4.74 Å². The SMILES string of the molecule is Cc1nc2c(cc(OCC(=O)NC(C)c3cccc(O)c3)c3ccsc32)s1. The fraction of sp³-hybridized carbons (Fsp3) is 0.200. The summed E-state index contributed by atoms with van der Waals surface area (Å²) in [5.41, 5.74) is 1.84. The smallest absolute Gasteiger partial charge is 0.258 e. The van der Waals surface area contributed by atoms with Crippen molar-refractivity contribution in [2.45, 2.75) is 19.9 Å². The van der Waals surface area contributed by atoms with Crippen LogP contribution < -0.4 is 10.1 Å². The van der Waals surface area contributed by atoms with Gasteiger partial charge in [-0.2, -0.15) is 0 Å². The van der Waals surface area contributed by atoms with Crippen LogP contribution in [0.5, 0.6) is 11.5 Å². The Bertz CT molecular complexity index is 1130. The van der Waals surface area contributed by atoms with Crippen LogP contribution in [-0.2, 0) is 4.79 Å². The number of hydrogen-bond donors (Lipinski definition) is 2. The number of thiazole rings is 1. The van der Waals surface area contributed by atoms with Crippen molar-refractivity contribution in [1.82, 2.24) is 10.3 Å². The van der Waals surface area contributed by atoms with Gasteiger partial charge in [-0.3, -0.25) is 4.79 Å². The van der Waals surface area contributed by atoms with Crippen LogP contribution in [0.2, 0.25) is 0 Å². The number of nitrogens with zero attached hydrogens (tertiary/aromatic N) is 1.